The summed E-state index contributed by atoms with van der Waals surface area (Å²) in [5.74, 6) is -5.96. The highest BCUT2D eigenvalue weighted by atomic mass is 16.2. The smallest absolute Gasteiger partial charge is 0.243 e. The molecule has 0 radical (unpaired) electrons. The molecule has 0 aliphatic carbocycles. The lowest BCUT2D eigenvalue weighted by Crippen LogP contribution is -2.50. The van der Waals surface area contributed by atoms with Crippen molar-refractivity contribution in [2.45, 2.75) is 198 Å². The lowest BCUT2D eigenvalue weighted by molar-refractivity contribution is -0.139. The number of carbonyl (C=O) groups excluding carboxylic acids is 13. The van der Waals surface area contributed by atoms with Gasteiger partial charge in [0.15, 0.2) is 0 Å². The van der Waals surface area contributed by atoms with E-state index in [1.54, 1.807) is 72.8 Å². The standard InChI is InChI=1S/C71H95N13O13/c1-41(2)23-60(86)80-35-48(73-44(7)85)30-55(80)67(93)77-52-33-58(83(39-52)64(90)27-46-19-13-9-14-20-46)70(96)76-51-32-57(82(38-51)62(88)25-43(5)6)69(95)78-53-34-59(84(40-53)65(91)28-47-21-15-10-16-22-47)71(97)75-50-31-56(81(37-50)61(87)24-42(3)4)68(94)74-49-29-54(66(72)92)79(36-49)63(89)26-45-17-11-8-12-18-45/h8-22,41-43,48-59H,23-40H2,1-7H3,(H2,72,92)(H,73,85)(H,74,94)(H,75,97)(H,76,96)(H,77,93)(H,78,95)/t48-,49-,50-,51-,52-,53-,54-,55-,56-,57-,58-,59-/m0/s1. The third kappa shape index (κ3) is 18.7. The molecule has 6 aliphatic rings. The van der Waals surface area contributed by atoms with Gasteiger partial charge in [-0.2, -0.15) is 0 Å². The van der Waals surface area contributed by atoms with Crippen LogP contribution in [0.15, 0.2) is 91.0 Å². The van der Waals surface area contributed by atoms with Gasteiger partial charge in [-0.25, -0.2) is 0 Å². The maximum atomic E-state index is 14.9. The zero-order chi connectivity index (χ0) is 69.9. The molecule has 0 spiro atoms. The van der Waals surface area contributed by atoms with E-state index in [4.69, 9.17) is 5.73 Å². The predicted molar refractivity (Wildman–Crippen MR) is 356 cm³/mol. The number of primary amides is 1. The number of nitrogens with zero attached hydrogens (tertiary/aromatic N) is 6. The summed E-state index contributed by atoms with van der Waals surface area (Å²) in [5, 5.41) is 18.0. The molecule has 522 valence electrons. The molecule has 12 atom stereocenters. The van der Waals surface area contributed by atoms with Crippen molar-refractivity contribution in [2.24, 2.45) is 23.5 Å². The minimum atomic E-state index is -1.13. The summed E-state index contributed by atoms with van der Waals surface area (Å²) in [5.41, 5.74) is 7.91. The van der Waals surface area contributed by atoms with E-state index >= 15 is 0 Å². The lowest BCUT2D eigenvalue weighted by atomic mass is 10.1. The molecule has 6 heterocycles. The zero-order valence-electron chi connectivity index (χ0n) is 56.6. The van der Waals surface area contributed by atoms with Crippen molar-refractivity contribution in [1.29, 1.82) is 0 Å². The average Bonchev–Trinajstić information content (AvgIpc) is 1.66. The summed E-state index contributed by atoms with van der Waals surface area (Å²) >= 11 is 0. The topological polar surface area (TPSA) is 340 Å². The van der Waals surface area contributed by atoms with Crippen LogP contribution in [0.3, 0.4) is 0 Å². The molecule has 8 N–H and O–H groups in total. The van der Waals surface area contributed by atoms with Gasteiger partial charge in [-0.1, -0.05) is 133 Å². The minimum absolute atomic E-state index is 0.00196. The summed E-state index contributed by atoms with van der Waals surface area (Å²) in [6.45, 7) is 12.5. The van der Waals surface area contributed by atoms with Crippen LogP contribution in [0.5, 0.6) is 0 Å². The van der Waals surface area contributed by atoms with Crippen molar-refractivity contribution in [2.75, 3.05) is 39.3 Å². The molecule has 13 amide bonds. The predicted octanol–water partition coefficient (Wildman–Crippen LogP) is 0.872. The maximum absolute atomic E-state index is 14.9. The van der Waals surface area contributed by atoms with Crippen LogP contribution in [-0.4, -0.2) is 218 Å². The minimum Gasteiger partial charge on any atom is -0.368 e. The number of hydrogen-bond donors (Lipinski definition) is 7. The highest BCUT2D eigenvalue weighted by molar-refractivity contribution is 5.95. The van der Waals surface area contributed by atoms with Crippen LogP contribution in [0.2, 0.25) is 0 Å². The van der Waals surface area contributed by atoms with E-state index < -0.39 is 114 Å². The van der Waals surface area contributed by atoms with E-state index in [1.165, 1.54) is 36.3 Å². The summed E-state index contributed by atoms with van der Waals surface area (Å²) < 4.78 is 0. The molecule has 0 saturated carbocycles. The van der Waals surface area contributed by atoms with Crippen molar-refractivity contribution >= 4 is 76.8 Å². The summed E-state index contributed by atoms with van der Waals surface area (Å²) in [7, 11) is 0. The molecule has 0 aromatic heterocycles. The Labute approximate surface area is 566 Å². The molecule has 26 nitrogen and oxygen atoms in total. The molecule has 6 fully saturated rings. The van der Waals surface area contributed by atoms with Gasteiger partial charge in [0, 0.05) is 102 Å². The number of amides is 13. The van der Waals surface area contributed by atoms with Gasteiger partial charge in [0.1, 0.15) is 36.3 Å². The Morgan fingerprint density at radius 1 is 0.330 bits per heavy atom. The highest BCUT2D eigenvalue weighted by Gasteiger charge is 2.50. The Morgan fingerprint density at radius 2 is 0.536 bits per heavy atom. The molecule has 6 aliphatic heterocycles. The Hall–Kier alpha value is -9.23. The highest BCUT2D eigenvalue weighted by Crippen LogP contribution is 2.30. The summed E-state index contributed by atoms with van der Waals surface area (Å²) in [6, 6.07) is 16.5. The number of likely N-dealkylation sites (tertiary alicyclic amines) is 6. The molecule has 0 bridgehead atoms. The zero-order valence-corrected chi connectivity index (χ0v) is 56.6. The van der Waals surface area contributed by atoms with Crippen LogP contribution >= 0.6 is 0 Å². The third-order valence-electron chi connectivity index (χ3n) is 19.1. The molecule has 0 unspecified atom stereocenters. The third-order valence-corrected chi connectivity index (χ3v) is 19.1. The Bertz CT molecular complexity index is 3410. The van der Waals surface area contributed by atoms with Gasteiger partial charge in [0.05, 0.1) is 19.3 Å². The average molecular weight is 1340 g/mol. The fourth-order valence-electron chi connectivity index (χ4n) is 14.6. The largest absolute Gasteiger partial charge is 0.368 e. The molecule has 9 rings (SSSR count). The van der Waals surface area contributed by atoms with Crippen LogP contribution in [-0.2, 0) is 81.6 Å². The van der Waals surface area contributed by atoms with Crippen molar-refractivity contribution in [3.8, 4) is 0 Å². The molecule has 3 aromatic carbocycles. The van der Waals surface area contributed by atoms with Gasteiger partial charge < -0.3 is 67.0 Å². The maximum Gasteiger partial charge on any atom is 0.243 e. The van der Waals surface area contributed by atoms with Crippen LogP contribution in [0.25, 0.3) is 0 Å². The number of nitrogens with two attached hydrogens (primary N) is 1. The number of carbonyl (C=O) groups is 13. The van der Waals surface area contributed by atoms with E-state index in [-0.39, 0.29) is 170 Å². The van der Waals surface area contributed by atoms with Crippen molar-refractivity contribution in [1.82, 2.24) is 61.3 Å². The van der Waals surface area contributed by atoms with Crippen molar-refractivity contribution < 1.29 is 62.3 Å². The summed E-state index contributed by atoms with van der Waals surface area (Å²) in [6.07, 6.45) is 0.416. The lowest BCUT2D eigenvalue weighted by Gasteiger charge is -2.26. The van der Waals surface area contributed by atoms with Crippen molar-refractivity contribution in [3.05, 3.63) is 108 Å². The van der Waals surface area contributed by atoms with Crippen LogP contribution in [0.4, 0.5) is 0 Å². The fraction of sp³-hybridized carbons (Fsp3) is 0.563. The quantitative estimate of drug-likeness (QED) is 0.0656. The van der Waals surface area contributed by atoms with Gasteiger partial charge in [-0.3, -0.25) is 62.3 Å². The second-order valence-corrected chi connectivity index (χ2v) is 28.4. The van der Waals surface area contributed by atoms with Gasteiger partial charge in [0.2, 0.25) is 76.8 Å². The molecule has 26 heteroatoms. The SMILES string of the molecule is CC(=O)N[C@H]1C[C@@H](C(=O)N[C@H]2C[C@@H](C(=O)N[C@H]3C[C@@H](C(=O)N[C@H]4C[C@@H](C(=O)N[C@H]5C[C@@H](C(=O)N[C@H]6C[C@@H](C(N)=O)N(C(=O)Cc7ccccc7)C6)N(C(=O)CC(C)C)C5)N(C(=O)Cc5ccccc5)C4)N(C(=O)CC(C)C)C3)N(C(=O)Cc3ccccc3)C2)N(C(=O)CC(C)C)C1. The van der Waals surface area contributed by atoms with E-state index in [0.717, 1.165) is 5.56 Å². The van der Waals surface area contributed by atoms with Crippen molar-refractivity contribution in [3.63, 3.8) is 0 Å². The Morgan fingerprint density at radius 3 is 0.753 bits per heavy atom. The molecule has 6 saturated heterocycles. The first-order valence-electron chi connectivity index (χ1n) is 34.1. The Balaban J connectivity index is 0.887. The van der Waals surface area contributed by atoms with Gasteiger partial charge in [-0.15, -0.1) is 0 Å². The monoisotopic (exact) mass is 1340 g/mol. The van der Waals surface area contributed by atoms with Gasteiger partial charge >= 0.3 is 0 Å². The summed E-state index contributed by atoms with van der Waals surface area (Å²) in [4.78, 5) is 190. The fourth-order valence-corrected chi connectivity index (χ4v) is 14.6. The van der Waals surface area contributed by atoms with E-state index in [2.05, 4.69) is 31.9 Å². The number of benzene rings is 3. The number of hydrogen-bond acceptors (Lipinski definition) is 13. The first kappa shape index (κ1) is 72.0. The number of rotatable bonds is 24. The van der Waals surface area contributed by atoms with E-state index in [9.17, 15) is 62.3 Å². The molecule has 3 aromatic rings. The first-order chi connectivity index (χ1) is 46.2. The molecular weight excluding hydrogens is 1240 g/mol. The first-order valence-corrected chi connectivity index (χ1v) is 34.1. The molecular formula is C71H95N13O13. The van der Waals surface area contributed by atoms with Crippen LogP contribution in [0, 0.1) is 17.8 Å². The van der Waals surface area contributed by atoms with E-state index in [1.807, 2.05) is 59.7 Å². The van der Waals surface area contributed by atoms with Gasteiger partial charge in [0.25, 0.3) is 0 Å². The van der Waals surface area contributed by atoms with Crippen LogP contribution in [0.1, 0.15) is 123 Å². The Kier molecular flexibility index (Phi) is 23.9. The second-order valence-electron chi connectivity index (χ2n) is 28.4. The van der Waals surface area contributed by atoms with Gasteiger partial charge in [-0.05, 0) is 73.0 Å². The second kappa shape index (κ2) is 32.2. The number of nitrogens with one attached hydrogen (secondary N) is 6. The van der Waals surface area contributed by atoms with E-state index in [0.29, 0.717) is 11.1 Å². The molecule has 97 heavy (non-hydrogen) atoms. The normalized spacial score (nSPS) is 25.3. The van der Waals surface area contributed by atoms with Crippen LogP contribution < -0.4 is 37.6 Å².